The highest BCUT2D eigenvalue weighted by molar-refractivity contribution is 9.10. The van der Waals surface area contributed by atoms with Gasteiger partial charge in [-0.3, -0.25) is 4.68 Å². The van der Waals surface area contributed by atoms with Crippen molar-refractivity contribution in [3.05, 3.63) is 16.6 Å². The van der Waals surface area contributed by atoms with Crippen LogP contribution in [-0.2, 0) is 7.05 Å². The molecule has 0 fully saturated rings. The van der Waals surface area contributed by atoms with E-state index in [9.17, 15) is 4.39 Å². The minimum absolute atomic E-state index is 0.278. The van der Waals surface area contributed by atoms with Crippen molar-refractivity contribution in [1.29, 1.82) is 0 Å². The van der Waals surface area contributed by atoms with Crippen molar-refractivity contribution in [2.45, 2.75) is 0 Å². The molecule has 0 bridgehead atoms. The summed E-state index contributed by atoms with van der Waals surface area (Å²) in [6.07, 6.45) is 2.55. The highest BCUT2D eigenvalue weighted by Crippen LogP contribution is 2.09. The Morgan fingerprint density at radius 2 is 2.50 bits per heavy atom. The van der Waals surface area contributed by atoms with E-state index in [0.717, 1.165) is 0 Å². The van der Waals surface area contributed by atoms with Gasteiger partial charge in [-0.25, -0.2) is 0 Å². The van der Waals surface area contributed by atoms with Crippen LogP contribution in [0.25, 0.3) is 0 Å². The van der Waals surface area contributed by atoms with Gasteiger partial charge in [-0.2, -0.15) is 4.39 Å². The zero-order valence-corrected chi connectivity index (χ0v) is 5.74. The van der Waals surface area contributed by atoms with E-state index in [0.29, 0.717) is 0 Å². The summed E-state index contributed by atoms with van der Waals surface area (Å²) in [4.78, 5) is 0. The number of aryl methyl sites for hydroxylation is 1. The summed E-state index contributed by atoms with van der Waals surface area (Å²) in [6.45, 7) is 0. The van der Waals surface area contributed by atoms with Crippen molar-refractivity contribution < 1.29 is 4.39 Å². The summed E-state index contributed by atoms with van der Waals surface area (Å²) in [5.41, 5.74) is 0. The molecular weight excluding hydrogens is 175 g/mol. The van der Waals surface area contributed by atoms with Crippen LogP contribution in [0.3, 0.4) is 0 Å². The number of hydrogen-bond donors (Lipinski definition) is 0. The predicted molar refractivity (Wildman–Crippen MR) is 29.7 cm³/mol. The van der Waals surface area contributed by atoms with E-state index in [2.05, 4.69) is 27.2 Å². The lowest BCUT2D eigenvalue weighted by Crippen LogP contribution is -1.87. The molecule has 1 heterocycles. The van der Waals surface area contributed by atoms with Gasteiger partial charge in [-0.05, 0) is 15.9 Å². The maximum Gasteiger partial charge on any atom is 0.247 e. The monoisotopic (exact) mass is 177 g/mol. The lowest BCUT2D eigenvalue weighted by molar-refractivity contribution is 0.549. The van der Waals surface area contributed by atoms with Crippen molar-refractivity contribution in [2.24, 2.45) is 7.05 Å². The highest BCUT2D eigenvalue weighted by atomic mass is 79.9. The first-order valence-corrected chi connectivity index (χ1v) is 2.77. The Morgan fingerprint density at radius 1 is 1.88 bits per heavy atom. The maximum atomic E-state index is 12.1. The van der Waals surface area contributed by atoms with Crippen LogP contribution in [0.5, 0.6) is 0 Å². The van der Waals surface area contributed by atoms with Crippen LogP contribution >= 0.6 is 15.9 Å². The molecule has 1 aromatic rings. The quantitative estimate of drug-likeness (QED) is 0.582. The normalized spacial score (nSPS) is 9.88. The SMILES string of the molecule is Cn1[c]c(Br)c(F)n1. The van der Waals surface area contributed by atoms with E-state index in [-0.39, 0.29) is 4.47 Å². The standard InChI is InChI=1S/C4H3BrFN2/c1-8-2-3(5)4(6)7-8/h1H3. The van der Waals surface area contributed by atoms with Gasteiger partial charge in [0.2, 0.25) is 5.95 Å². The van der Waals surface area contributed by atoms with Crippen LogP contribution in [-0.4, -0.2) is 9.78 Å². The van der Waals surface area contributed by atoms with Crippen LogP contribution in [0.2, 0.25) is 0 Å². The van der Waals surface area contributed by atoms with Crippen molar-refractivity contribution in [1.82, 2.24) is 9.78 Å². The average Bonchev–Trinajstić information content (AvgIpc) is 1.85. The fourth-order valence-electron chi connectivity index (χ4n) is 0.389. The Hall–Kier alpha value is -0.380. The number of aromatic nitrogens is 2. The Bertz CT molecular complexity index is 176. The van der Waals surface area contributed by atoms with Crippen molar-refractivity contribution in [3.63, 3.8) is 0 Å². The lowest BCUT2D eigenvalue weighted by atomic mass is 10.7. The fourth-order valence-corrected chi connectivity index (χ4v) is 0.725. The van der Waals surface area contributed by atoms with Crippen LogP contribution in [0.4, 0.5) is 4.39 Å². The molecule has 0 spiro atoms. The zero-order valence-electron chi connectivity index (χ0n) is 4.15. The largest absolute Gasteiger partial charge is 0.262 e. The summed E-state index contributed by atoms with van der Waals surface area (Å²) >= 11 is 2.90. The predicted octanol–water partition coefficient (Wildman–Crippen LogP) is 1.12. The summed E-state index contributed by atoms with van der Waals surface area (Å²) in [7, 11) is 1.60. The molecule has 2 nitrogen and oxygen atoms in total. The molecule has 1 radical (unpaired) electrons. The molecule has 0 saturated heterocycles. The molecule has 0 aliphatic heterocycles. The second kappa shape index (κ2) is 1.85. The van der Waals surface area contributed by atoms with Gasteiger partial charge in [0.05, 0.1) is 0 Å². The molecule has 0 amide bonds. The Morgan fingerprint density at radius 3 is 2.62 bits per heavy atom. The van der Waals surface area contributed by atoms with E-state index >= 15 is 0 Å². The summed E-state index contributed by atoms with van der Waals surface area (Å²) in [6, 6.07) is 0. The maximum absolute atomic E-state index is 12.1. The Balaban J connectivity index is 3.14. The van der Waals surface area contributed by atoms with Gasteiger partial charge >= 0.3 is 0 Å². The molecule has 8 heavy (non-hydrogen) atoms. The molecular formula is C4H3BrFN2. The summed E-state index contributed by atoms with van der Waals surface area (Å²) in [5.74, 6) is -0.521. The molecule has 1 aromatic heterocycles. The van der Waals surface area contributed by atoms with Crippen LogP contribution < -0.4 is 0 Å². The first-order chi connectivity index (χ1) is 3.70. The smallest absolute Gasteiger partial charge is 0.247 e. The van der Waals surface area contributed by atoms with Gasteiger partial charge in [-0.1, -0.05) is 0 Å². The lowest BCUT2D eigenvalue weighted by Gasteiger charge is -1.76. The minimum Gasteiger partial charge on any atom is -0.262 e. The molecule has 4 heteroatoms. The topological polar surface area (TPSA) is 17.8 Å². The van der Waals surface area contributed by atoms with E-state index in [1.165, 1.54) is 4.68 Å². The Kier molecular flexibility index (Phi) is 1.33. The Labute approximate surface area is 54.4 Å². The van der Waals surface area contributed by atoms with Crippen molar-refractivity contribution >= 4 is 15.9 Å². The first kappa shape index (κ1) is 5.75. The number of hydrogen-bond acceptors (Lipinski definition) is 1. The summed E-state index contributed by atoms with van der Waals surface area (Å²) < 4.78 is 13.7. The van der Waals surface area contributed by atoms with Crippen LogP contribution in [0.1, 0.15) is 0 Å². The van der Waals surface area contributed by atoms with Gasteiger partial charge in [0.25, 0.3) is 0 Å². The van der Waals surface area contributed by atoms with Crippen LogP contribution in [0.15, 0.2) is 4.47 Å². The second-order valence-corrected chi connectivity index (χ2v) is 2.13. The van der Waals surface area contributed by atoms with Gasteiger partial charge in [0, 0.05) is 7.05 Å². The molecule has 0 unspecified atom stereocenters. The number of rotatable bonds is 0. The minimum atomic E-state index is -0.521. The zero-order chi connectivity index (χ0) is 6.15. The highest BCUT2D eigenvalue weighted by Gasteiger charge is 2.00. The van der Waals surface area contributed by atoms with Crippen molar-refractivity contribution in [3.8, 4) is 0 Å². The second-order valence-electron chi connectivity index (χ2n) is 1.34. The van der Waals surface area contributed by atoms with Gasteiger partial charge in [0.15, 0.2) is 0 Å². The van der Waals surface area contributed by atoms with Gasteiger partial charge in [-0.15, -0.1) is 5.10 Å². The van der Waals surface area contributed by atoms with Crippen molar-refractivity contribution in [2.75, 3.05) is 0 Å². The molecule has 0 aromatic carbocycles. The molecule has 0 saturated carbocycles. The third-order valence-electron chi connectivity index (χ3n) is 0.679. The van der Waals surface area contributed by atoms with Gasteiger partial charge in [0.1, 0.15) is 10.7 Å². The third kappa shape index (κ3) is 0.888. The summed E-state index contributed by atoms with van der Waals surface area (Å²) in [5, 5.41) is 3.36. The van der Waals surface area contributed by atoms with Gasteiger partial charge < -0.3 is 0 Å². The molecule has 0 atom stereocenters. The average molecular weight is 178 g/mol. The third-order valence-corrected chi connectivity index (χ3v) is 1.18. The van der Waals surface area contributed by atoms with E-state index in [4.69, 9.17) is 0 Å². The fraction of sp³-hybridized carbons (Fsp3) is 0.250. The molecule has 0 aliphatic carbocycles. The van der Waals surface area contributed by atoms with E-state index in [1.54, 1.807) is 7.05 Å². The molecule has 0 N–H and O–H groups in total. The molecule has 43 valence electrons. The van der Waals surface area contributed by atoms with E-state index < -0.39 is 5.95 Å². The molecule has 1 rings (SSSR count). The number of halogens is 2. The van der Waals surface area contributed by atoms with Crippen LogP contribution in [0, 0.1) is 12.1 Å². The first-order valence-electron chi connectivity index (χ1n) is 1.97. The number of nitrogens with zero attached hydrogens (tertiary/aromatic N) is 2. The molecule has 0 aliphatic rings. The van der Waals surface area contributed by atoms with E-state index in [1.807, 2.05) is 0 Å².